The molecular weight excluding hydrogens is 226 g/mol. The van der Waals surface area contributed by atoms with Crippen LogP contribution in [0.5, 0.6) is 0 Å². The Balaban J connectivity index is 2.56. The van der Waals surface area contributed by atoms with E-state index in [0.29, 0.717) is 5.56 Å². The fourth-order valence-corrected chi connectivity index (χ4v) is 1.09. The molecule has 0 saturated heterocycles. The van der Waals surface area contributed by atoms with Crippen LogP contribution in [0.3, 0.4) is 0 Å². The summed E-state index contributed by atoms with van der Waals surface area (Å²) in [6.07, 6.45) is 0.0963. The lowest BCUT2D eigenvalue weighted by molar-refractivity contribution is -0.384. The zero-order valence-corrected chi connectivity index (χ0v) is 9.21. The second-order valence-electron chi connectivity index (χ2n) is 3.28. The van der Waals surface area contributed by atoms with Gasteiger partial charge in [-0.25, -0.2) is 4.79 Å². The summed E-state index contributed by atoms with van der Waals surface area (Å²) in [5.74, 6) is -1.47. The topological polar surface area (TPSA) is 86.5 Å². The molecule has 1 aromatic carbocycles. The molecule has 90 valence electrons. The predicted molar refractivity (Wildman–Crippen MR) is 58.2 cm³/mol. The van der Waals surface area contributed by atoms with Crippen LogP contribution < -0.4 is 0 Å². The van der Waals surface area contributed by atoms with Gasteiger partial charge in [-0.1, -0.05) is 6.92 Å². The van der Waals surface area contributed by atoms with Crippen molar-refractivity contribution >= 4 is 17.4 Å². The third-order valence-corrected chi connectivity index (χ3v) is 2.07. The van der Waals surface area contributed by atoms with Crippen molar-refractivity contribution < 1.29 is 19.2 Å². The van der Waals surface area contributed by atoms with E-state index in [1.54, 1.807) is 6.92 Å². The zero-order valence-electron chi connectivity index (χ0n) is 9.21. The molecule has 0 radical (unpaired) electrons. The first kappa shape index (κ1) is 12.8. The second-order valence-corrected chi connectivity index (χ2v) is 3.28. The quantitative estimate of drug-likeness (QED) is 0.336. The van der Waals surface area contributed by atoms with Gasteiger partial charge in [-0.3, -0.25) is 14.9 Å². The van der Waals surface area contributed by atoms with Crippen molar-refractivity contribution in [3.8, 4) is 0 Å². The maximum atomic E-state index is 11.0. The first-order chi connectivity index (χ1) is 8.04. The van der Waals surface area contributed by atoms with E-state index >= 15 is 0 Å². The van der Waals surface area contributed by atoms with Crippen molar-refractivity contribution in [2.75, 3.05) is 0 Å². The highest BCUT2D eigenvalue weighted by Crippen LogP contribution is 2.12. The Hall–Kier alpha value is -2.24. The van der Waals surface area contributed by atoms with Gasteiger partial charge in [-0.2, -0.15) is 0 Å². The van der Waals surface area contributed by atoms with Gasteiger partial charge in [0, 0.05) is 18.6 Å². The molecule has 0 aliphatic heterocycles. The summed E-state index contributed by atoms with van der Waals surface area (Å²) in [7, 11) is 0. The maximum absolute atomic E-state index is 11.0. The molecule has 6 nitrogen and oxygen atoms in total. The van der Waals surface area contributed by atoms with Gasteiger partial charge in [0.15, 0.2) is 0 Å². The Morgan fingerprint density at radius 1 is 1.29 bits per heavy atom. The maximum Gasteiger partial charge on any atom is 0.374 e. The summed E-state index contributed by atoms with van der Waals surface area (Å²) in [6, 6.07) is 5.57. The number of benzene rings is 1. The number of ketones is 1. The smallest absolute Gasteiger partial charge is 0.374 e. The van der Waals surface area contributed by atoms with Crippen molar-refractivity contribution in [2.24, 2.45) is 0 Å². The van der Waals surface area contributed by atoms with E-state index in [9.17, 15) is 19.7 Å². The highest BCUT2D eigenvalue weighted by molar-refractivity contribution is 6.33. The molecule has 0 spiro atoms. The van der Waals surface area contributed by atoms with Gasteiger partial charge in [0.2, 0.25) is 5.78 Å². The SMILES string of the molecule is CCC(=O)C(=O)OCc1ccc([N+](=O)[O-])cc1. The number of nitro benzene ring substituents is 1. The minimum Gasteiger partial charge on any atom is -0.455 e. The molecule has 0 aromatic heterocycles. The third-order valence-electron chi connectivity index (χ3n) is 2.07. The zero-order chi connectivity index (χ0) is 12.8. The van der Waals surface area contributed by atoms with Gasteiger partial charge in [-0.15, -0.1) is 0 Å². The van der Waals surface area contributed by atoms with Gasteiger partial charge in [0.25, 0.3) is 5.69 Å². The number of carbonyl (C=O) groups excluding carboxylic acids is 2. The lowest BCUT2D eigenvalue weighted by atomic mass is 10.2. The molecule has 1 aromatic rings. The van der Waals surface area contributed by atoms with Crippen LogP contribution in [0.4, 0.5) is 5.69 Å². The lowest BCUT2D eigenvalue weighted by Gasteiger charge is -2.02. The Morgan fingerprint density at radius 3 is 2.35 bits per heavy atom. The molecule has 0 aliphatic carbocycles. The van der Waals surface area contributed by atoms with Crippen LogP contribution >= 0.6 is 0 Å². The number of nitrogens with zero attached hydrogens (tertiary/aromatic N) is 1. The lowest BCUT2D eigenvalue weighted by Crippen LogP contribution is -2.15. The average molecular weight is 237 g/mol. The summed E-state index contributed by atoms with van der Waals surface area (Å²) in [5, 5.41) is 10.4. The number of non-ortho nitro benzene ring substituents is 1. The van der Waals surface area contributed by atoms with E-state index in [4.69, 9.17) is 4.74 Å². The van der Waals surface area contributed by atoms with E-state index < -0.39 is 16.7 Å². The van der Waals surface area contributed by atoms with Crippen molar-refractivity contribution in [1.29, 1.82) is 0 Å². The predicted octanol–water partition coefficient (Wildman–Crippen LogP) is 1.62. The van der Waals surface area contributed by atoms with Crippen molar-refractivity contribution in [2.45, 2.75) is 20.0 Å². The number of carbonyl (C=O) groups is 2. The first-order valence-electron chi connectivity index (χ1n) is 4.98. The number of hydrogen-bond acceptors (Lipinski definition) is 5. The Kier molecular flexibility index (Phi) is 4.33. The third kappa shape index (κ3) is 3.67. The summed E-state index contributed by atoms with van der Waals surface area (Å²) in [5.41, 5.74) is 0.553. The van der Waals surface area contributed by atoms with Gasteiger partial charge in [0.05, 0.1) is 4.92 Å². The molecule has 0 fully saturated rings. The highest BCUT2D eigenvalue weighted by Gasteiger charge is 2.12. The Labute approximate surface area is 97.3 Å². The highest BCUT2D eigenvalue weighted by atomic mass is 16.6. The number of rotatable bonds is 5. The van der Waals surface area contributed by atoms with Gasteiger partial charge < -0.3 is 4.74 Å². The van der Waals surface area contributed by atoms with Crippen LogP contribution in [0, 0.1) is 10.1 Å². The number of Topliss-reactive ketones (excluding diaryl/α,β-unsaturated/α-hetero) is 1. The van der Waals surface area contributed by atoms with E-state index in [2.05, 4.69) is 0 Å². The number of ether oxygens (including phenoxy) is 1. The molecule has 0 amide bonds. The molecule has 0 unspecified atom stereocenters. The molecule has 6 heteroatoms. The van der Waals surface area contributed by atoms with Crippen LogP contribution in [0.15, 0.2) is 24.3 Å². The van der Waals surface area contributed by atoms with E-state index in [-0.39, 0.29) is 18.7 Å². The van der Waals surface area contributed by atoms with Crippen LogP contribution in [0.1, 0.15) is 18.9 Å². The summed E-state index contributed by atoms with van der Waals surface area (Å²) in [6.45, 7) is 1.50. The van der Waals surface area contributed by atoms with Crippen LogP contribution in [-0.4, -0.2) is 16.7 Å². The number of esters is 1. The minimum absolute atomic E-state index is 0.0373. The first-order valence-corrected chi connectivity index (χ1v) is 4.98. The normalized spacial score (nSPS) is 9.71. The van der Waals surface area contributed by atoms with Gasteiger partial charge >= 0.3 is 5.97 Å². The van der Waals surface area contributed by atoms with Crippen molar-refractivity contribution in [1.82, 2.24) is 0 Å². The number of hydrogen-bond donors (Lipinski definition) is 0. The fourth-order valence-electron chi connectivity index (χ4n) is 1.09. The van der Waals surface area contributed by atoms with Gasteiger partial charge in [0.1, 0.15) is 6.61 Å². The standard InChI is InChI=1S/C11H11NO5/c1-2-10(13)11(14)17-7-8-3-5-9(6-4-8)12(15)16/h3-6H,2,7H2,1H3. The average Bonchev–Trinajstić information content (AvgIpc) is 2.35. The molecule has 0 bridgehead atoms. The Bertz CT molecular complexity index is 438. The van der Waals surface area contributed by atoms with E-state index in [0.717, 1.165) is 0 Å². The van der Waals surface area contributed by atoms with Crippen molar-refractivity contribution in [3.05, 3.63) is 39.9 Å². The van der Waals surface area contributed by atoms with Crippen LogP contribution in [-0.2, 0) is 20.9 Å². The molecule has 0 aliphatic rings. The van der Waals surface area contributed by atoms with Gasteiger partial charge in [-0.05, 0) is 17.7 Å². The molecule has 0 atom stereocenters. The summed E-state index contributed by atoms with van der Waals surface area (Å²) in [4.78, 5) is 31.8. The van der Waals surface area contributed by atoms with Crippen molar-refractivity contribution in [3.63, 3.8) is 0 Å². The Morgan fingerprint density at radius 2 is 1.88 bits per heavy atom. The van der Waals surface area contributed by atoms with E-state index in [1.807, 2.05) is 0 Å². The fraction of sp³-hybridized carbons (Fsp3) is 0.273. The molecular formula is C11H11NO5. The molecule has 0 N–H and O–H groups in total. The van der Waals surface area contributed by atoms with Crippen LogP contribution in [0.2, 0.25) is 0 Å². The minimum atomic E-state index is -0.883. The monoisotopic (exact) mass is 237 g/mol. The summed E-state index contributed by atoms with van der Waals surface area (Å²) < 4.78 is 4.72. The molecule has 1 rings (SSSR count). The van der Waals surface area contributed by atoms with Crippen LogP contribution in [0.25, 0.3) is 0 Å². The molecule has 0 heterocycles. The summed E-state index contributed by atoms with van der Waals surface area (Å²) >= 11 is 0. The second kappa shape index (κ2) is 5.74. The number of nitro groups is 1. The largest absolute Gasteiger partial charge is 0.455 e. The molecule has 0 saturated carbocycles. The molecule has 17 heavy (non-hydrogen) atoms. The van der Waals surface area contributed by atoms with E-state index in [1.165, 1.54) is 24.3 Å².